The monoisotopic (exact) mass is 422 g/mol. The number of carbonyl (C=O) groups is 2. The van der Waals surface area contributed by atoms with Gasteiger partial charge in [0.1, 0.15) is 17.4 Å². The van der Waals surface area contributed by atoms with Gasteiger partial charge in [-0.2, -0.15) is 0 Å². The Morgan fingerprint density at radius 1 is 1.03 bits per heavy atom. The molecule has 0 saturated heterocycles. The number of para-hydroxylation sites is 2. The average molecular weight is 422 g/mol. The van der Waals surface area contributed by atoms with Crippen LogP contribution in [-0.2, 0) is 14.3 Å². The Labute approximate surface area is 181 Å². The molecule has 0 spiro atoms. The smallest absolute Gasteiger partial charge is 0.316 e. The number of benzene rings is 2. The summed E-state index contributed by atoms with van der Waals surface area (Å²) in [7, 11) is 4.49. The SMILES string of the molecule is COC(=O)[C@@H]1C(=O)C2=C(C[C@@H]1C)Nc1ccccc1N[C@H]2c1cc(OC)ccc1OC. The first-order chi connectivity index (χ1) is 15.0. The normalized spacial score (nSPS) is 22.3. The Kier molecular flexibility index (Phi) is 5.59. The summed E-state index contributed by atoms with van der Waals surface area (Å²) in [5, 5.41) is 6.93. The quantitative estimate of drug-likeness (QED) is 0.570. The van der Waals surface area contributed by atoms with Crippen molar-refractivity contribution in [2.24, 2.45) is 11.8 Å². The Balaban J connectivity index is 1.93. The summed E-state index contributed by atoms with van der Waals surface area (Å²) in [5.41, 5.74) is 3.78. The van der Waals surface area contributed by atoms with E-state index < -0.39 is 17.9 Å². The van der Waals surface area contributed by atoms with Crippen LogP contribution in [0.25, 0.3) is 0 Å². The zero-order chi connectivity index (χ0) is 22.1. The summed E-state index contributed by atoms with van der Waals surface area (Å²) < 4.78 is 16.0. The van der Waals surface area contributed by atoms with Gasteiger partial charge in [-0.05, 0) is 42.7 Å². The minimum Gasteiger partial charge on any atom is -0.497 e. The number of anilines is 2. The molecule has 162 valence electrons. The highest BCUT2D eigenvalue weighted by Crippen LogP contribution is 2.46. The molecule has 7 nitrogen and oxygen atoms in total. The van der Waals surface area contributed by atoms with E-state index in [0.29, 0.717) is 23.5 Å². The zero-order valence-corrected chi connectivity index (χ0v) is 18.0. The molecule has 7 heteroatoms. The van der Waals surface area contributed by atoms with Crippen molar-refractivity contribution in [2.45, 2.75) is 19.4 Å². The van der Waals surface area contributed by atoms with Crippen LogP contribution in [0.4, 0.5) is 11.4 Å². The molecule has 0 bridgehead atoms. The van der Waals surface area contributed by atoms with Crippen LogP contribution in [0.2, 0.25) is 0 Å². The van der Waals surface area contributed by atoms with E-state index in [1.807, 2.05) is 49.4 Å². The van der Waals surface area contributed by atoms with E-state index in [1.165, 1.54) is 7.11 Å². The number of rotatable bonds is 4. The molecular weight excluding hydrogens is 396 g/mol. The van der Waals surface area contributed by atoms with E-state index >= 15 is 0 Å². The molecule has 2 aromatic rings. The van der Waals surface area contributed by atoms with Crippen LogP contribution in [0.3, 0.4) is 0 Å². The predicted molar refractivity (Wildman–Crippen MR) is 117 cm³/mol. The molecule has 0 fully saturated rings. The topological polar surface area (TPSA) is 85.9 Å². The van der Waals surface area contributed by atoms with Crippen molar-refractivity contribution in [2.75, 3.05) is 32.0 Å². The summed E-state index contributed by atoms with van der Waals surface area (Å²) in [5.74, 6) is -0.542. The highest BCUT2D eigenvalue weighted by atomic mass is 16.5. The lowest BCUT2D eigenvalue weighted by Crippen LogP contribution is -2.39. The fourth-order valence-electron chi connectivity index (χ4n) is 4.43. The third-order valence-electron chi connectivity index (χ3n) is 5.97. The fraction of sp³-hybridized carbons (Fsp3) is 0.333. The summed E-state index contributed by atoms with van der Waals surface area (Å²) in [6, 6.07) is 12.7. The summed E-state index contributed by atoms with van der Waals surface area (Å²) >= 11 is 0. The van der Waals surface area contributed by atoms with E-state index in [1.54, 1.807) is 14.2 Å². The van der Waals surface area contributed by atoms with E-state index in [9.17, 15) is 9.59 Å². The third-order valence-corrected chi connectivity index (χ3v) is 5.97. The molecule has 0 radical (unpaired) electrons. The molecule has 1 aliphatic heterocycles. The van der Waals surface area contributed by atoms with Gasteiger partial charge in [0.05, 0.1) is 38.7 Å². The number of Topliss-reactive ketones (excluding diaryl/α,β-unsaturated/α-hetero) is 1. The van der Waals surface area contributed by atoms with Gasteiger partial charge in [-0.1, -0.05) is 19.1 Å². The first kappa shape index (κ1) is 20.8. The van der Waals surface area contributed by atoms with Gasteiger partial charge in [-0.25, -0.2) is 0 Å². The number of nitrogens with one attached hydrogen (secondary N) is 2. The summed E-state index contributed by atoms with van der Waals surface area (Å²) in [4.78, 5) is 26.2. The zero-order valence-electron chi connectivity index (χ0n) is 18.0. The van der Waals surface area contributed by atoms with Crippen LogP contribution in [0.5, 0.6) is 11.5 Å². The molecular formula is C24H26N2O5. The van der Waals surface area contributed by atoms with Gasteiger partial charge in [-0.15, -0.1) is 0 Å². The molecule has 2 aromatic carbocycles. The van der Waals surface area contributed by atoms with Crippen LogP contribution < -0.4 is 20.1 Å². The molecule has 1 aliphatic carbocycles. The molecule has 3 atom stereocenters. The molecule has 1 heterocycles. The molecule has 4 rings (SSSR count). The number of methoxy groups -OCH3 is 3. The summed E-state index contributed by atoms with van der Waals surface area (Å²) in [6.07, 6.45) is 0.541. The number of hydrogen-bond donors (Lipinski definition) is 2. The Bertz CT molecular complexity index is 1060. The van der Waals surface area contributed by atoms with Crippen LogP contribution in [0, 0.1) is 11.8 Å². The van der Waals surface area contributed by atoms with E-state index in [0.717, 1.165) is 22.6 Å². The number of ether oxygens (including phenoxy) is 3. The van der Waals surface area contributed by atoms with Crippen molar-refractivity contribution >= 4 is 23.1 Å². The minimum atomic E-state index is -0.854. The van der Waals surface area contributed by atoms with Gasteiger partial charge in [0, 0.05) is 16.8 Å². The second-order valence-corrected chi connectivity index (χ2v) is 7.79. The number of ketones is 1. The maximum Gasteiger partial charge on any atom is 0.316 e. The van der Waals surface area contributed by atoms with Crippen molar-refractivity contribution in [3.8, 4) is 11.5 Å². The lowest BCUT2D eigenvalue weighted by molar-refractivity contribution is -0.151. The third kappa shape index (κ3) is 3.60. The van der Waals surface area contributed by atoms with Crippen molar-refractivity contribution < 1.29 is 23.8 Å². The maximum atomic E-state index is 13.7. The molecule has 0 aromatic heterocycles. The lowest BCUT2D eigenvalue weighted by atomic mass is 9.74. The summed E-state index contributed by atoms with van der Waals surface area (Å²) in [6.45, 7) is 1.90. The first-order valence-electron chi connectivity index (χ1n) is 10.2. The molecule has 31 heavy (non-hydrogen) atoms. The first-order valence-corrected chi connectivity index (χ1v) is 10.2. The fourth-order valence-corrected chi connectivity index (χ4v) is 4.43. The highest BCUT2D eigenvalue weighted by molar-refractivity contribution is 6.11. The molecule has 2 N–H and O–H groups in total. The van der Waals surface area contributed by atoms with Crippen LogP contribution in [-0.4, -0.2) is 33.1 Å². The Morgan fingerprint density at radius 3 is 2.45 bits per heavy atom. The standard InChI is InChI=1S/C24H26N2O5/c1-13-11-18-21(23(27)20(13)24(28)31-4)22(26-17-8-6-5-7-16(17)25-18)15-12-14(29-2)9-10-19(15)30-3/h5-10,12-13,20,22,25-26H,11H2,1-4H3/t13-,20-,22-/m0/s1. The molecule has 0 saturated carbocycles. The molecule has 2 aliphatic rings. The van der Waals surface area contributed by atoms with Gasteiger partial charge < -0.3 is 24.8 Å². The van der Waals surface area contributed by atoms with Crippen molar-refractivity contribution in [1.82, 2.24) is 0 Å². The average Bonchev–Trinajstić information content (AvgIpc) is 2.94. The van der Waals surface area contributed by atoms with Gasteiger partial charge in [0.25, 0.3) is 0 Å². The number of esters is 1. The van der Waals surface area contributed by atoms with Crippen molar-refractivity contribution in [3.63, 3.8) is 0 Å². The minimum absolute atomic E-state index is 0.190. The lowest BCUT2D eigenvalue weighted by Gasteiger charge is -2.32. The highest BCUT2D eigenvalue weighted by Gasteiger charge is 2.44. The molecule has 0 unspecified atom stereocenters. The maximum absolute atomic E-state index is 13.7. The Hall–Kier alpha value is -3.48. The number of hydrogen-bond acceptors (Lipinski definition) is 7. The van der Waals surface area contributed by atoms with Gasteiger partial charge in [0.2, 0.25) is 0 Å². The predicted octanol–water partition coefficient (Wildman–Crippen LogP) is 3.93. The van der Waals surface area contributed by atoms with Crippen LogP contribution >= 0.6 is 0 Å². The Morgan fingerprint density at radius 2 is 1.77 bits per heavy atom. The van der Waals surface area contributed by atoms with E-state index in [-0.39, 0.29) is 11.7 Å². The van der Waals surface area contributed by atoms with E-state index in [4.69, 9.17) is 14.2 Å². The van der Waals surface area contributed by atoms with E-state index in [2.05, 4.69) is 10.6 Å². The second kappa shape index (κ2) is 8.34. The van der Waals surface area contributed by atoms with Gasteiger partial charge in [-0.3, -0.25) is 9.59 Å². The van der Waals surface area contributed by atoms with Crippen molar-refractivity contribution in [3.05, 3.63) is 59.3 Å². The molecule has 0 amide bonds. The number of carbonyl (C=O) groups excluding carboxylic acids is 2. The number of allylic oxidation sites excluding steroid dienone is 1. The number of fused-ring (bicyclic) bond motifs is 1. The van der Waals surface area contributed by atoms with Crippen LogP contribution in [0.1, 0.15) is 24.9 Å². The van der Waals surface area contributed by atoms with Gasteiger partial charge in [0.15, 0.2) is 5.78 Å². The van der Waals surface area contributed by atoms with Crippen molar-refractivity contribution in [1.29, 1.82) is 0 Å². The van der Waals surface area contributed by atoms with Gasteiger partial charge >= 0.3 is 5.97 Å². The largest absolute Gasteiger partial charge is 0.497 e. The second-order valence-electron chi connectivity index (χ2n) is 7.79. The van der Waals surface area contributed by atoms with Crippen LogP contribution in [0.15, 0.2) is 53.7 Å².